The standard InChI is InChI=1S/C15H9Cl2NO2/c16-12-5-6-14(17)13(7-12)15(19)20-9-11-3-1-10(8-18)2-4-11/h1-7H,9H2. The molecule has 0 unspecified atom stereocenters. The molecule has 0 fully saturated rings. The summed E-state index contributed by atoms with van der Waals surface area (Å²) in [5.74, 6) is -0.540. The second-order valence-electron chi connectivity index (χ2n) is 4.01. The second kappa shape index (κ2) is 6.42. The van der Waals surface area contributed by atoms with Gasteiger partial charge in [0, 0.05) is 5.02 Å². The monoisotopic (exact) mass is 305 g/mol. The zero-order valence-corrected chi connectivity index (χ0v) is 11.8. The van der Waals surface area contributed by atoms with E-state index in [4.69, 9.17) is 33.2 Å². The normalized spacial score (nSPS) is 9.85. The van der Waals surface area contributed by atoms with E-state index in [0.29, 0.717) is 15.6 Å². The Morgan fingerprint density at radius 2 is 1.85 bits per heavy atom. The first-order valence-electron chi connectivity index (χ1n) is 5.71. The Morgan fingerprint density at radius 3 is 2.50 bits per heavy atom. The molecular weight excluding hydrogens is 297 g/mol. The molecule has 0 aliphatic heterocycles. The number of carbonyl (C=O) groups is 1. The molecule has 0 radical (unpaired) electrons. The van der Waals surface area contributed by atoms with E-state index >= 15 is 0 Å². The number of esters is 1. The van der Waals surface area contributed by atoms with E-state index in [9.17, 15) is 4.79 Å². The zero-order chi connectivity index (χ0) is 14.5. The van der Waals surface area contributed by atoms with Gasteiger partial charge in [-0.3, -0.25) is 0 Å². The van der Waals surface area contributed by atoms with Gasteiger partial charge in [0.15, 0.2) is 0 Å². The number of hydrogen-bond acceptors (Lipinski definition) is 3. The number of benzene rings is 2. The molecule has 0 amide bonds. The number of halogens is 2. The third kappa shape index (κ3) is 3.51. The molecule has 2 aromatic rings. The predicted molar refractivity (Wildman–Crippen MR) is 76.7 cm³/mol. The van der Waals surface area contributed by atoms with E-state index in [-0.39, 0.29) is 12.2 Å². The van der Waals surface area contributed by atoms with Crippen LogP contribution in [0.15, 0.2) is 42.5 Å². The van der Waals surface area contributed by atoms with Crippen molar-refractivity contribution in [2.24, 2.45) is 0 Å². The van der Waals surface area contributed by atoms with Crippen LogP contribution in [0.3, 0.4) is 0 Å². The lowest BCUT2D eigenvalue weighted by molar-refractivity contribution is 0.0473. The lowest BCUT2D eigenvalue weighted by Crippen LogP contribution is -2.06. The van der Waals surface area contributed by atoms with Crippen LogP contribution in [0.1, 0.15) is 21.5 Å². The van der Waals surface area contributed by atoms with Crippen LogP contribution in [0.2, 0.25) is 10.0 Å². The van der Waals surface area contributed by atoms with Gasteiger partial charge in [-0.1, -0.05) is 35.3 Å². The second-order valence-corrected chi connectivity index (χ2v) is 4.85. The number of hydrogen-bond donors (Lipinski definition) is 0. The molecule has 0 aliphatic carbocycles. The van der Waals surface area contributed by atoms with Crippen molar-refractivity contribution in [3.05, 3.63) is 69.2 Å². The van der Waals surface area contributed by atoms with Gasteiger partial charge in [0.1, 0.15) is 6.61 Å². The topological polar surface area (TPSA) is 50.1 Å². The van der Waals surface area contributed by atoms with E-state index < -0.39 is 5.97 Å². The molecule has 0 bridgehead atoms. The van der Waals surface area contributed by atoms with E-state index in [0.717, 1.165) is 5.56 Å². The highest BCUT2D eigenvalue weighted by molar-refractivity contribution is 6.35. The van der Waals surface area contributed by atoms with Crippen molar-refractivity contribution in [2.75, 3.05) is 0 Å². The van der Waals surface area contributed by atoms with Gasteiger partial charge < -0.3 is 4.74 Å². The van der Waals surface area contributed by atoms with Gasteiger partial charge >= 0.3 is 5.97 Å². The first-order valence-corrected chi connectivity index (χ1v) is 6.47. The van der Waals surface area contributed by atoms with Crippen LogP contribution in [-0.4, -0.2) is 5.97 Å². The van der Waals surface area contributed by atoms with Crippen LogP contribution in [0.5, 0.6) is 0 Å². The fourth-order valence-corrected chi connectivity index (χ4v) is 1.92. The van der Waals surface area contributed by atoms with Gasteiger partial charge in [0.05, 0.1) is 22.2 Å². The van der Waals surface area contributed by atoms with Crippen molar-refractivity contribution < 1.29 is 9.53 Å². The number of ether oxygens (including phenoxy) is 1. The third-order valence-electron chi connectivity index (χ3n) is 2.60. The molecular formula is C15H9Cl2NO2. The van der Waals surface area contributed by atoms with Crippen LogP contribution in [0.4, 0.5) is 0 Å². The minimum absolute atomic E-state index is 0.105. The van der Waals surface area contributed by atoms with E-state index in [2.05, 4.69) is 0 Å². The molecule has 0 atom stereocenters. The van der Waals surface area contributed by atoms with Gasteiger partial charge in [-0.2, -0.15) is 5.26 Å². The molecule has 2 rings (SSSR count). The predicted octanol–water partition coefficient (Wildman–Crippen LogP) is 4.22. The van der Waals surface area contributed by atoms with Crippen molar-refractivity contribution >= 4 is 29.2 Å². The van der Waals surface area contributed by atoms with Crippen molar-refractivity contribution in [2.45, 2.75) is 6.61 Å². The largest absolute Gasteiger partial charge is 0.457 e. The van der Waals surface area contributed by atoms with Crippen molar-refractivity contribution in [1.82, 2.24) is 0 Å². The maximum atomic E-state index is 11.9. The van der Waals surface area contributed by atoms with Gasteiger partial charge in [0.2, 0.25) is 0 Å². The maximum absolute atomic E-state index is 11.9. The number of rotatable bonds is 3. The van der Waals surface area contributed by atoms with E-state index in [1.807, 2.05) is 6.07 Å². The molecule has 5 heteroatoms. The van der Waals surface area contributed by atoms with Crippen molar-refractivity contribution in [3.63, 3.8) is 0 Å². The highest BCUT2D eigenvalue weighted by atomic mass is 35.5. The average molecular weight is 306 g/mol. The zero-order valence-electron chi connectivity index (χ0n) is 10.3. The average Bonchev–Trinajstić information content (AvgIpc) is 2.47. The molecule has 100 valence electrons. The summed E-state index contributed by atoms with van der Waals surface area (Å²) in [7, 11) is 0. The summed E-state index contributed by atoms with van der Waals surface area (Å²) in [6, 6.07) is 13.4. The number of carbonyl (C=O) groups excluding carboxylic acids is 1. The molecule has 3 nitrogen and oxygen atoms in total. The Kier molecular flexibility index (Phi) is 4.62. The fraction of sp³-hybridized carbons (Fsp3) is 0.0667. The fourth-order valence-electron chi connectivity index (χ4n) is 1.56. The molecule has 0 spiro atoms. The Bertz CT molecular complexity index is 675. The molecule has 0 heterocycles. The number of nitriles is 1. The lowest BCUT2D eigenvalue weighted by atomic mass is 10.1. The summed E-state index contributed by atoms with van der Waals surface area (Å²) >= 11 is 11.7. The maximum Gasteiger partial charge on any atom is 0.340 e. The van der Waals surface area contributed by atoms with Crippen LogP contribution < -0.4 is 0 Å². The lowest BCUT2D eigenvalue weighted by Gasteiger charge is -2.07. The quantitative estimate of drug-likeness (QED) is 0.798. The molecule has 2 aromatic carbocycles. The molecule has 0 aliphatic rings. The van der Waals surface area contributed by atoms with Gasteiger partial charge in [0.25, 0.3) is 0 Å². The van der Waals surface area contributed by atoms with Crippen LogP contribution in [-0.2, 0) is 11.3 Å². The Balaban J connectivity index is 2.04. The van der Waals surface area contributed by atoms with E-state index in [1.54, 1.807) is 36.4 Å². The van der Waals surface area contributed by atoms with Crippen molar-refractivity contribution in [1.29, 1.82) is 5.26 Å². The van der Waals surface area contributed by atoms with Gasteiger partial charge in [-0.15, -0.1) is 0 Å². The molecule has 0 saturated carbocycles. The van der Waals surface area contributed by atoms with Crippen molar-refractivity contribution in [3.8, 4) is 6.07 Å². The summed E-state index contributed by atoms with van der Waals surface area (Å²) in [6.45, 7) is 0.105. The Labute approximate surface area is 126 Å². The summed E-state index contributed by atoms with van der Waals surface area (Å²) in [6.07, 6.45) is 0. The van der Waals surface area contributed by atoms with Crippen LogP contribution in [0, 0.1) is 11.3 Å². The summed E-state index contributed by atoms with van der Waals surface area (Å²) in [4.78, 5) is 11.9. The minimum atomic E-state index is -0.540. The minimum Gasteiger partial charge on any atom is -0.457 e. The van der Waals surface area contributed by atoms with Crippen LogP contribution in [0.25, 0.3) is 0 Å². The first-order chi connectivity index (χ1) is 9.60. The first kappa shape index (κ1) is 14.4. The third-order valence-corrected chi connectivity index (χ3v) is 3.17. The Morgan fingerprint density at radius 1 is 1.15 bits per heavy atom. The SMILES string of the molecule is N#Cc1ccc(COC(=O)c2cc(Cl)ccc2Cl)cc1. The smallest absolute Gasteiger partial charge is 0.340 e. The highest BCUT2D eigenvalue weighted by Gasteiger charge is 2.12. The van der Waals surface area contributed by atoms with Gasteiger partial charge in [-0.25, -0.2) is 4.79 Å². The van der Waals surface area contributed by atoms with Crippen LogP contribution >= 0.6 is 23.2 Å². The molecule has 0 saturated heterocycles. The number of nitrogens with zero attached hydrogens (tertiary/aromatic N) is 1. The molecule has 0 N–H and O–H groups in total. The van der Waals surface area contributed by atoms with E-state index in [1.165, 1.54) is 6.07 Å². The highest BCUT2D eigenvalue weighted by Crippen LogP contribution is 2.21. The van der Waals surface area contributed by atoms with Gasteiger partial charge in [-0.05, 0) is 35.9 Å². The summed E-state index contributed by atoms with van der Waals surface area (Å²) in [5.41, 5.74) is 1.57. The summed E-state index contributed by atoms with van der Waals surface area (Å²) in [5, 5.41) is 9.40. The summed E-state index contributed by atoms with van der Waals surface area (Å²) < 4.78 is 5.16. The molecule has 20 heavy (non-hydrogen) atoms. The molecule has 0 aromatic heterocycles. The Hall–Kier alpha value is -2.02.